The van der Waals surface area contributed by atoms with E-state index in [0.717, 1.165) is 49.6 Å². The lowest BCUT2D eigenvalue weighted by molar-refractivity contribution is 0.315. The Balaban J connectivity index is 2.07. The summed E-state index contributed by atoms with van der Waals surface area (Å²) in [5.74, 6) is 0.976. The SMILES string of the molecule is CCc1cc(N2CCC(=NO)CC2)ncn1. The molecule has 1 aliphatic rings. The van der Waals surface area contributed by atoms with Crippen LogP contribution in [-0.4, -0.2) is 34.0 Å². The number of piperidine rings is 1. The second kappa shape index (κ2) is 4.92. The topological polar surface area (TPSA) is 61.6 Å². The van der Waals surface area contributed by atoms with Crippen molar-refractivity contribution < 1.29 is 5.21 Å². The third kappa shape index (κ3) is 2.29. The quantitative estimate of drug-likeness (QED) is 0.605. The van der Waals surface area contributed by atoms with Crippen molar-refractivity contribution in [1.82, 2.24) is 9.97 Å². The maximum absolute atomic E-state index is 8.67. The zero-order valence-corrected chi connectivity index (χ0v) is 9.43. The Morgan fingerprint density at radius 1 is 1.38 bits per heavy atom. The van der Waals surface area contributed by atoms with Crippen molar-refractivity contribution >= 4 is 11.5 Å². The van der Waals surface area contributed by atoms with Gasteiger partial charge < -0.3 is 10.1 Å². The Morgan fingerprint density at radius 2 is 2.12 bits per heavy atom. The Morgan fingerprint density at radius 3 is 2.75 bits per heavy atom. The molecule has 2 heterocycles. The Bertz CT molecular complexity index is 381. The van der Waals surface area contributed by atoms with Gasteiger partial charge in [0.15, 0.2) is 0 Å². The summed E-state index contributed by atoms with van der Waals surface area (Å²) in [6, 6.07) is 2.03. The zero-order valence-electron chi connectivity index (χ0n) is 9.43. The molecular formula is C11H16N4O. The van der Waals surface area contributed by atoms with E-state index in [1.54, 1.807) is 6.33 Å². The highest BCUT2D eigenvalue weighted by molar-refractivity contribution is 5.85. The van der Waals surface area contributed by atoms with Crippen LogP contribution in [0.15, 0.2) is 17.5 Å². The fourth-order valence-corrected chi connectivity index (χ4v) is 1.85. The summed E-state index contributed by atoms with van der Waals surface area (Å²) in [7, 11) is 0. The monoisotopic (exact) mass is 220 g/mol. The van der Waals surface area contributed by atoms with E-state index in [1.807, 2.05) is 6.07 Å². The van der Waals surface area contributed by atoms with Gasteiger partial charge in [0.05, 0.1) is 5.71 Å². The minimum Gasteiger partial charge on any atom is -0.411 e. The van der Waals surface area contributed by atoms with Crippen LogP contribution in [0.5, 0.6) is 0 Å². The first kappa shape index (κ1) is 10.9. The van der Waals surface area contributed by atoms with Gasteiger partial charge in [-0.05, 0) is 6.42 Å². The second-order valence-electron chi connectivity index (χ2n) is 3.87. The first-order valence-corrected chi connectivity index (χ1v) is 5.59. The van der Waals surface area contributed by atoms with Crippen LogP contribution in [0.1, 0.15) is 25.5 Å². The summed E-state index contributed by atoms with van der Waals surface area (Å²) in [5, 5.41) is 11.9. The number of rotatable bonds is 2. The van der Waals surface area contributed by atoms with Crippen molar-refractivity contribution in [1.29, 1.82) is 0 Å². The van der Waals surface area contributed by atoms with Crippen LogP contribution in [-0.2, 0) is 6.42 Å². The van der Waals surface area contributed by atoms with Crippen LogP contribution in [0.2, 0.25) is 0 Å². The highest BCUT2D eigenvalue weighted by Gasteiger charge is 2.16. The van der Waals surface area contributed by atoms with Crippen LogP contribution in [0.3, 0.4) is 0 Å². The van der Waals surface area contributed by atoms with Gasteiger partial charge in [-0.2, -0.15) is 0 Å². The van der Waals surface area contributed by atoms with Crippen LogP contribution in [0.4, 0.5) is 5.82 Å². The van der Waals surface area contributed by atoms with Gasteiger partial charge >= 0.3 is 0 Å². The minimum atomic E-state index is 0.808. The molecule has 1 N–H and O–H groups in total. The van der Waals surface area contributed by atoms with E-state index in [0.29, 0.717) is 0 Å². The Labute approximate surface area is 94.8 Å². The average molecular weight is 220 g/mol. The fourth-order valence-electron chi connectivity index (χ4n) is 1.85. The fraction of sp³-hybridized carbons (Fsp3) is 0.545. The van der Waals surface area contributed by atoms with Gasteiger partial charge in [0.1, 0.15) is 12.1 Å². The minimum absolute atomic E-state index is 0.808. The molecule has 0 aromatic carbocycles. The molecule has 0 aliphatic carbocycles. The lowest BCUT2D eigenvalue weighted by Gasteiger charge is -2.28. The van der Waals surface area contributed by atoms with Crippen LogP contribution >= 0.6 is 0 Å². The highest BCUT2D eigenvalue weighted by atomic mass is 16.4. The summed E-state index contributed by atoms with van der Waals surface area (Å²) in [6.45, 7) is 3.80. The average Bonchev–Trinajstić information content (AvgIpc) is 2.39. The molecule has 86 valence electrons. The largest absolute Gasteiger partial charge is 0.411 e. The number of aromatic nitrogens is 2. The molecule has 0 saturated carbocycles. The summed E-state index contributed by atoms with van der Waals surface area (Å²) in [6.07, 6.45) is 4.15. The molecule has 0 spiro atoms. The van der Waals surface area contributed by atoms with Crippen molar-refractivity contribution in [2.75, 3.05) is 18.0 Å². The summed E-state index contributed by atoms with van der Waals surface area (Å²) in [4.78, 5) is 10.7. The third-order valence-electron chi connectivity index (χ3n) is 2.88. The van der Waals surface area contributed by atoms with Gasteiger partial charge in [0.25, 0.3) is 0 Å². The molecule has 1 saturated heterocycles. The molecule has 1 aromatic heterocycles. The van der Waals surface area contributed by atoms with Gasteiger partial charge in [-0.15, -0.1) is 0 Å². The first-order valence-electron chi connectivity index (χ1n) is 5.59. The summed E-state index contributed by atoms with van der Waals surface area (Å²) >= 11 is 0. The summed E-state index contributed by atoms with van der Waals surface area (Å²) < 4.78 is 0. The molecular weight excluding hydrogens is 204 g/mol. The Kier molecular flexibility index (Phi) is 3.34. The lowest BCUT2D eigenvalue weighted by atomic mass is 10.1. The molecule has 0 amide bonds. The number of anilines is 1. The maximum Gasteiger partial charge on any atom is 0.132 e. The molecule has 1 aliphatic heterocycles. The van der Waals surface area contributed by atoms with E-state index >= 15 is 0 Å². The second-order valence-corrected chi connectivity index (χ2v) is 3.87. The lowest BCUT2D eigenvalue weighted by Crippen LogP contribution is -2.34. The van der Waals surface area contributed by atoms with Crippen LogP contribution in [0.25, 0.3) is 0 Å². The summed E-state index contributed by atoms with van der Waals surface area (Å²) in [5.41, 5.74) is 1.94. The van der Waals surface area contributed by atoms with E-state index in [9.17, 15) is 0 Å². The van der Waals surface area contributed by atoms with Crippen LogP contribution < -0.4 is 4.90 Å². The first-order chi connectivity index (χ1) is 7.83. The van der Waals surface area contributed by atoms with Gasteiger partial charge in [0, 0.05) is 37.7 Å². The Hall–Kier alpha value is -1.65. The molecule has 0 radical (unpaired) electrons. The van der Waals surface area contributed by atoms with Crippen molar-refractivity contribution in [3.05, 3.63) is 18.1 Å². The van der Waals surface area contributed by atoms with E-state index < -0.39 is 0 Å². The number of hydrogen-bond donors (Lipinski definition) is 1. The van der Waals surface area contributed by atoms with Crippen molar-refractivity contribution in [3.8, 4) is 0 Å². The van der Waals surface area contributed by atoms with Gasteiger partial charge in [-0.3, -0.25) is 0 Å². The molecule has 16 heavy (non-hydrogen) atoms. The van der Waals surface area contributed by atoms with Gasteiger partial charge in [-0.25, -0.2) is 9.97 Å². The predicted octanol–water partition coefficient (Wildman–Crippen LogP) is 1.47. The number of hydrogen-bond acceptors (Lipinski definition) is 5. The number of oxime groups is 1. The molecule has 5 nitrogen and oxygen atoms in total. The number of nitrogens with zero attached hydrogens (tertiary/aromatic N) is 4. The molecule has 0 atom stereocenters. The molecule has 2 rings (SSSR count). The maximum atomic E-state index is 8.67. The standard InChI is InChI=1S/C11H16N4O/c1-2-9-7-11(13-8-12-9)15-5-3-10(14-16)4-6-15/h7-8,16H,2-6H2,1H3. The molecule has 0 bridgehead atoms. The molecule has 1 fully saturated rings. The van der Waals surface area contributed by atoms with Gasteiger partial charge in [-0.1, -0.05) is 12.1 Å². The smallest absolute Gasteiger partial charge is 0.132 e. The molecule has 0 unspecified atom stereocenters. The van der Waals surface area contributed by atoms with Gasteiger partial charge in [0.2, 0.25) is 0 Å². The molecule has 1 aromatic rings. The van der Waals surface area contributed by atoms with Crippen molar-refractivity contribution in [2.24, 2.45) is 5.16 Å². The van der Waals surface area contributed by atoms with Crippen LogP contribution in [0, 0.1) is 0 Å². The number of aryl methyl sites for hydroxylation is 1. The third-order valence-corrected chi connectivity index (χ3v) is 2.88. The highest BCUT2D eigenvalue weighted by Crippen LogP contribution is 2.16. The molecule has 5 heteroatoms. The van der Waals surface area contributed by atoms with E-state index in [4.69, 9.17) is 5.21 Å². The van der Waals surface area contributed by atoms with E-state index in [2.05, 4.69) is 26.9 Å². The normalized spacial score (nSPS) is 16.3. The van der Waals surface area contributed by atoms with Crippen molar-refractivity contribution in [2.45, 2.75) is 26.2 Å². The van der Waals surface area contributed by atoms with E-state index in [1.165, 1.54) is 0 Å². The van der Waals surface area contributed by atoms with Crippen molar-refractivity contribution in [3.63, 3.8) is 0 Å². The zero-order chi connectivity index (χ0) is 11.4. The predicted molar refractivity (Wildman–Crippen MR) is 62.1 cm³/mol. The van der Waals surface area contributed by atoms with E-state index in [-0.39, 0.29) is 0 Å².